The molecule has 0 saturated carbocycles. The zero-order valence-electron chi connectivity index (χ0n) is 9.43. The third-order valence-electron chi connectivity index (χ3n) is 1.65. The first-order valence-corrected chi connectivity index (χ1v) is 5.25. The minimum Gasteiger partial charge on any atom is -0.369 e. The van der Waals surface area contributed by atoms with Gasteiger partial charge >= 0.3 is 0 Å². The van der Waals surface area contributed by atoms with Gasteiger partial charge in [0.2, 0.25) is 5.91 Å². The largest absolute Gasteiger partial charge is 0.369 e. The molecule has 0 aliphatic rings. The first-order valence-electron chi connectivity index (χ1n) is 5.25. The molecule has 4 heteroatoms. The predicted octanol–water partition coefficient (Wildman–Crippen LogP) is 0.527. The fraction of sp³-hybridized carbons (Fsp3) is 0.900. The summed E-state index contributed by atoms with van der Waals surface area (Å²) in [5.74, 6) is -0.0322. The Morgan fingerprint density at radius 3 is 2.64 bits per heavy atom. The molecule has 0 fully saturated rings. The monoisotopic (exact) mass is 202 g/mol. The van der Waals surface area contributed by atoms with Gasteiger partial charge in [-0.15, -0.1) is 0 Å². The van der Waals surface area contributed by atoms with Crippen molar-refractivity contribution in [3.05, 3.63) is 0 Å². The number of nitrogens with one attached hydrogen (secondary N) is 2. The zero-order valence-corrected chi connectivity index (χ0v) is 9.43. The van der Waals surface area contributed by atoms with Crippen LogP contribution >= 0.6 is 0 Å². The molecular formula is C10H22N2O2. The molecule has 0 aliphatic carbocycles. The summed E-state index contributed by atoms with van der Waals surface area (Å²) >= 11 is 0. The second kappa shape index (κ2) is 8.97. The fourth-order valence-corrected chi connectivity index (χ4v) is 0.911. The van der Waals surface area contributed by atoms with Crippen molar-refractivity contribution in [1.82, 2.24) is 10.6 Å². The molecule has 0 unspecified atom stereocenters. The van der Waals surface area contributed by atoms with E-state index in [1.54, 1.807) is 0 Å². The van der Waals surface area contributed by atoms with Crippen molar-refractivity contribution in [2.24, 2.45) is 0 Å². The summed E-state index contributed by atoms with van der Waals surface area (Å²) in [6, 6.07) is 0. The minimum absolute atomic E-state index is 0.0322. The fourth-order valence-electron chi connectivity index (χ4n) is 0.911. The molecule has 0 rings (SSSR count). The average Bonchev–Trinajstić information content (AvgIpc) is 2.14. The van der Waals surface area contributed by atoms with Crippen molar-refractivity contribution in [2.75, 3.05) is 26.2 Å². The van der Waals surface area contributed by atoms with Gasteiger partial charge in [0.1, 0.15) is 6.61 Å². The van der Waals surface area contributed by atoms with E-state index >= 15 is 0 Å². The van der Waals surface area contributed by atoms with E-state index < -0.39 is 0 Å². The van der Waals surface area contributed by atoms with Crippen LogP contribution in [0.2, 0.25) is 0 Å². The molecule has 84 valence electrons. The van der Waals surface area contributed by atoms with Crippen molar-refractivity contribution < 1.29 is 9.53 Å². The molecule has 0 aromatic carbocycles. The van der Waals surface area contributed by atoms with Gasteiger partial charge < -0.3 is 15.4 Å². The van der Waals surface area contributed by atoms with E-state index in [-0.39, 0.29) is 18.6 Å². The molecule has 14 heavy (non-hydrogen) atoms. The van der Waals surface area contributed by atoms with E-state index in [1.165, 1.54) is 0 Å². The van der Waals surface area contributed by atoms with Crippen LogP contribution in [0.3, 0.4) is 0 Å². The van der Waals surface area contributed by atoms with Crippen LogP contribution in [0.4, 0.5) is 0 Å². The molecule has 2 N–H and O–H groups in total. The summed E-state index contributed by atoms with van der Waals surface area (Å²) in [6.45, 7) is 8.70. The van der Waals surface area contributed by atoms with Crippen molar-refractivity contribution in [1.29, 1.82) is 0 Å². The maximum Gasteiger partial charge on any atom is 0.246 e. The average molecular weight is 202 g/mol. The molecule has 0 spiro atoms. The third-order valence-corrected chi connectivity index (χ3v) is 1.65. The number of hydrogen-bond acceptors (Lipinski definition) is 3. The van der Waals surface area contributed by atoms with Crippen LogP contribution in [0, 0.1) is 0 Å². The van der Waals surface area contributed by atoms with E-state index in [0.717, 1.165) is 19.5 Å². The lowest BCUT2D eigenvalue weighted by Gasteiger charge is -2.08. The summed E-state index contributed by atoms with van der Waals surface area (Å²) < 4.78 is 5.15. The van der Waals surface area contributed by atoms with Crippen molar-refractivity contribution in [3.8, 4) is 0 Å². The van der Waals surface area contributed by atoms with Gasteiger partial charge in [0.05, 0.1) is 6.10 Å². The Kier molecular flexibility index (Phi) is 8.57. The number of rotatable bonds is 8. The predicted molar refractivity (Wildman–Crippen MR) is 57.3 cm³/mol. The van der Waals surface area contributed by atoms with E-state index in [4.69, 9.17) is 4.74 Å². The van der Waals surface area contributed by atoms with Crippen molar-refractivity contribution in [2.45, 2.75) is 33.3 Å². The van der Waals surface area contributed by atoms with Crippen LogP contribution in [0.5, 0.6) is 0 Å². The van der Waals surface area contributed by atoms with E-state index in [2.05, 4.69) is 17.6 Å². The number of ether oxygens (including phenoxy) is 1. The zero-order chi connectivity index (χ0) is 10.8. The second-order valence-corrected chi connectivity index (χ2v) is 3.42. The van der Waals surface area contributed by atoms with Crippen LogP contribution in [0.1, 0.15) is 27.2 Å². The van der Waals surface area contributed by atoms with E-state index in [1.807, 2.05) is 13.8 Å². The van der Waals surface area contributed by atoms with Crippen molar-refractivity contribution >= 4 is 5.91 Å². The van der Waals surface area contributed by atoms with Crippen LogP contribution in [-0.2, 0) is 9.53 Å². The quantitative estimate of drug-likeness (QED) is 0.564. The summed E-state index contributed by atoms with van der Waals surface area (Å²) in [4.78, 5) is 11.1. The maximum atomic E-state index is 11.1. The summed E-state index contributed by atoms with van der Waals surface area (Å²) in [6.07, 6.45) is 1.07. The lowest BCUT2D eigenvalue weighted by molar-refractivity contribution is -0.127. The second-order valence-electron chi connectivity index (χ2n) is 3.42. The van der Waals surface area contributed by atoms with Gasteiger partial charge in [0, 0.05) is 6.54 Å². The van der Waals surface area contributed by atoms with Gasteiger partial charge in [0.15, 0.2) is 0 Å². The van der Waals surface area contributed by atoms with Crippen LogP contribution in [0.25, 0.3) is 0 Å². The topological polar surface area (TPSA) is 50.4 Å². The highest BCUT2D eigenvalue weighted by molar-refractivity contribution is 5.77. The molecular weight excluding hydrogens is 180 g/mol. The number of carbonyl (C=O) groups is 1. The molecule has 0 aliphatic heterocycles. The Labute approximate surface area is 86.4 Å². The minimum atomic E-state index is -0.0322. The van der Waals surface area contributed by atoms with Gasteiger partial charge in [-0.05, 0) is 33.4 Å². The highest BCUT2D eigenvalue weighted by atomic mass is 16.5. The normalized spacial score (nSPS) is 10.6. The molecule has 0 atom stereocenters. The Morgan fingerprint density at radius 2 is 2.07 bits per heavy atom. The number of amides is 1. The number of hydrogen-bond donors (Lipinski definition) is 2. The summed E-state index contributed by atoms with van der Waals surface area (Å²) in [7, 11) is 0. The molecule has 0 radical (unpaired) electrons. The Morgan fingerprint density at radius 1 is 1.36 bits per heavy atom. The molecule has 0 heterocycles. The van der Waals surface area contributed by atoms with Crippen molar-refractivity contribution in [3.63, 3.8) is 0 Å². The smallest absolute Gasteiger partial charge is 0.246 e. The summed E-state index contributed by atoms with van der Waals surface area (Å²) in [5.41, 5.74) is 0. The third kappa shape index (κ3) is 9.48. The molecule has 1 amide bonds. The highest BCUT2D eigenvalue weighted by Crippen LogP contribution is 1.86. The first kappa shape index (κ1) is 13.4. The van der Waals surface area contributed by atoms with Crippen LogP contribution < -0.4 is 10.6 Å². The first-order chi connectivity index (χ1) is 6.66. The molecule has 0 aromatic heterocycles. The SMILES string of the molecule is CCNCCCNC(=O)COC(C)C. The van der Waals surface area contributed by atoms with Gasteiger partial charge in [-0.3, -0.25) is 4.79 Å². The Balaban J connectivity index is 3.18. The standard InChI is InChI=1S/C10H22N2O2/c1-4-11-6-5-7-12-10(13)8-14-9(2)3/h9,11H,4-8H2,1-3H3,(H,12,13). The number of carbonyl (C=O) groups excluding carboxylic acids is 1. The lowest BCUT2D eigenvalue weighted by atomic mass is 10.4. The van der Waals surface area contributed by atoms with Gasteiger partial charge in [0.25, 0.3) is 0 Å². The Bertz CT molecular complexity index is 149. The lowest BCUT2D eigenvalue weighted by Crippen LogP contribution is -2.31. The molecule has 4 nitrogen and oxygen atoms in total. The van der Waals surface area contributed by atoms with Crippen LogP contribution in [-0.4, -0.2) is 38.3 Å². The molecule has 0 bridgehead atoms. The molecule has 0 aromatic rings. The highest BCUT2D eigenvalue weighted by Gasteiger charge is 2.01. The van der Waals surface area contributed by atoms with E-state index in [0.29, 0.717) is 6.54 Å². The van der Waals surface area contributed by atoms with Gasteiger partial charge in [-0.25, -0.2) is 0 Å². The maximum absolute atomic E-state index is 11.1. The van der Waals surface area contributed by atoms with E-state index in [9.17, 15) is 4.79 Å². The van der Waals surface area contributed by atoms with Gasteiger partial charge in [-0.2, -0.15) is 0 Å². The van der Waals surface area contributed by atoms with Gasteiger partial charge in [-0.1, -0.05) is 6.92 Å². The molecule has 0 saturated heterocycles. The summed E-state index contributed by atoms with van der Waals surface area (Å²) in [5, 5.41) is 5.98. The Hall–Kier alpha value is -0.610. The van der Waals surface area contributed by atoms with Crippen LogP contribution in [0.15, 0.2) is 0 Å².